The van der Waals surface area contributed by atoms with Crippen molar-refractivity contribution in [1.29, 1.82) is 0 Å². The molecule has 17 heavy (non-hydrogen) atoms. The van der Waals surface area contributed by atoms with Crippen LogP contribution in [0.15, 0.2) is 0 Å². The normalized spacial score (nSPS) is 20.1. The molecule has 1 rings (SSSR count). The van der Waals surface area contributed by atoms with Crippen LogP contribution in [0.5, 0.6) is 0 Å². The van der Waals surface area contributed by atoms with Gasteiger partial charge in [0.05, 0.1) is 0 Å². The predicted molar refractivity (Wildman–Crippen MR) is 74.4 cm³/mol. The lowest BCUT2D eigenvalue weighted by molar-refractivity contribution is 0.116. The fraction of sp³-hybridized carbons (Fsp3) is 1.00. The zero-order chi connectivity index (χ0) is 12.3. The van der Waals surface area contributed by atoms with Crippen molar-refractivity contribution in [1.82, 2.24) is 5.32 Å². The average molecular weight is 241 g/mol. The van der Waals surface area contributed by atoms with E-state index in [0.29, 0.717) is 6.04 Å². The average Bonchev–Trinajstić information content (AvgIpc) is 2.62. The molecule has 0 aliphatic heterocycles. The number of ether oxygens (including phenoxy) is 1. The predicted octanol–water partition coefficient (Wildman–Crippen LogP) is 3.75. The topological polar surface area (TPSA) is 21.3 Å². The number of hydrogen-bond acceptors (Lipinski definition) is 2. The largest absolute Gasteiger partial charge is 0.381 e. The van der Waals surface area contributed by atoms with Gasteiger partial charge in [0.25, 0.3) is 0 Å². The highest BCUT2D eigenvalue weighted by Crippen LogP contribution is 2.26. The molecule has 0 radical (unpaired) electrons. The quantitative estimate of drug-likeness (QED) is 0.516. The van der Waals surface area contributed by atoms with E-state index in [0.717, 1.165) is 32.1 Å². The van der Waals surface area contributed by atoms with Gasteiger partial charge in [-0.25, -0.2) is 0 Å². The molecule has 0 heterocycles. The Morgan fingerprint density at radius 2 is 1.76 bits per heavy atom. The van der Waals surface area contributed by atoms with Crippen LogP contribution < -0.4 is 5.32 Å². The lowest BCUT2D eigenvalue weighted by Gasteiger charge is -2.27. The summed E-state index contributed by atoms with van der Waals surface area (Å²) in [5.74, 6) is 0.891. The molecule has 0 spiro atoms. The molecule has 0 bridgehead atoms. The molecule has 1 N–H and O–H groups in total. The van der Waals surface area contributed by atoms with Crippen LogP contribution in [0.4, 0.5) is 0 Å². The van der Waals surface area contributed by atoms with E-state index in [4.69, 9.17) is 4.74 Å². The highest BCUT2D eigenvalue weighted by molar-refractivity contribution is 4.78. The van der Waals surface area contributed by atoms with Crippen molar-refractivity contribution >= 4 is 0 Å². The van der Waals surface area contributed by atoms with Crippen LogP contribution in [0.3, 0.4) is 0 Å². The second-order valence-electron chi connectivity index (χ2n) is 5.32. The zero-order valence-corrected chi connectivity index (χ0v) is 11.8. The fourth-order valence-corrected chi connectivity index (χ4v) is 2.94. The first kappa shape index (κ1) is 15.0. The Hall–Kier alpha value is -0.0800. The highest BCUT2D eigenvalue weighted by Gasteiger charge is 2.21. The third-order valence-corrected chi connectivity index (χ3v) is 3.86. The monoisotopic (exact) mass is 241 g/mol. The molecule has 2 nitrogen and oxygen atoms in total. The van der Waals surface area contributed by atoms with Crippen molar-refractivity contribution in [3.05, 3.63) is 0 Å². The summed E-state index contributed by atoms with van der Waals surface area (Å²) >= 11 is 0. The Bertz CT molecular complexity index is 164. The van der Waals surface area contributed by atoms with E-state index < -0.39 is 0 Å². The molecule has 0 amide bonds. The maximum atomic E-state index is 5.64. The molecular formula is C15H31NO. The maximum absolute atomic E-state index is 5.64. The molecule has 1 fully saturated rings. The molecule has 2 heteroatoms. The molecule has 1 saturated carbocycles. The SMILES string of the molecule is CCCOCCC(NCC)C1CCCCCC1. The fourth-order valence-electron chi connectivity index (χ4n) is 2.94. The Kier molecular flexibility index (Phi) is 8.72. The van der Waals surface area contributed by atoms with Gasteiger partial charge in [-0.1, -0.05) is 39.5 Å². The Morgan fingerprint density at radius 1 is 1.06 bits per heavy atom. The number of nitrogens with one attached hydrogen (secondary N) is 1. The van der Waals surface area contributed by atoms with E-state index in [2.05, 4.69) is 19.2 Å². The van der Waals surface area contributed by atoms with E-state index >= 15 is 0 Å². The first-order valence-electron chi connectivity index (χ1n) is 7.69. The van der Waals surface area contributed by atoms with Gasteiger partial charge in [-0.15, -0.1) is 0 Å². The summed E-state index contributed by atoms with van der Waals surface area (Å²) in [7, 11) is 0. The van der Waals surface area contributed by atoms with Gasteiger partial charge in [0.2, 0.25) is 0 Å². The minimum absolute atomic E-state index is 0.690. The lowest BCUT2D eigenvalue weighted by atomic mass is 9.90. The molecule has 1 aliphatic rings. The zero-order valence-electron chi connectivity index (χ0n) is 11.8. The Balaban J connectivity index is 2.28. The molecule has 0 aromatic rings. The summed E-state index contributed by atoms with van der Waals surface area (Å²) in [5, 5.41) is 3.68. The molecule has 0 saturated heterocycles. The van der Waals surface area contributed by atoms with Crippen LogP contribution in [-0.2, 0) is 4.74 Å². The van der Waals surface area contributed by atoms with Crippen LogP contribution in [0, 0.1) is 5.92 Å². The molecule has 0 aromatic heterocycles. The molecule has 1 atom stereocenters. The standard InChI is InChI=1S/C15H31NO/c1-3-12-17-13-11-15(16-4-2)14-9-7-5-6-8-10-14/h14-16H,3-13H2,1-2H3. The molecule has 1 aliphatic carbocycles. The van der Waals surface area contributed by atoms with Crippen molar-refractivity contribution in [3.8, 4) is 0 Å². The van der Waals surface area contributed by atoms with Gasteiger partial charge in [0, 0.05) is 19.3 Å². The first-order chi connectivity index (χ1) is 8.38. The van der Waals surface area contributed by atoms with Crippen LogP contribution in [0.2, 0.25) is 0 Å². The summed E-state index contributed by atoms with van der Waals surface area (Å²) in [4.78, 5) is 0. The smallest absolute Gasteiger partial charge is 0.0480 e. The Labute approximate surface area is 108 Å². The molecule has 102 valence electrons. The summed E-state index contributed by atoms with van der Waals surface area (Å²) in [6.07, 6.45) is 10.9. The third kappa shape index (κ3) is 6.42. The van der Waals surface area contributed by atoms with Gasteiger partial charge >= 0.3 is 0 Å². The van der Waals surface area contributed by atoms with E-state index in [-0.39, 0.29) is 0 Å². The van der Waals surface area contributed by atoms with Crippen molar-refractivity contribution < 1.29 is 4.74 Å². The summed E-state index contributed by atoms with van der Waals surface area (Å²) < 4.78 is 5.64. The van der Waals surface area contributed by atoms with Gasteiger partial charge in [-0.2, -0.15) is 0 Å². The van der Waals surface area contributed by atoms with E-state index in [1.807, 2.05) is 0 Å². The van der Waals surface area contributed by atoms with Gasteiger partial charge < -0.3 is 10.1 Å². The first-order valence-corrected chi connectivity index (χ1v) is 7.69. The summed E-state index contributed by atoms with van der Waals surface area (Å²) in [5.41, 5.74) is 0. The molecule has 0 aromatic carbocycles. The summed E-state index contributed by atoms with van der Waals surface area (Å²) in [6.45, 7) is 7.34. The lowest BCUT2D eigenvalue weighted by Crippen LogP contribution is -2.37. The maximum Gasteiger partial charge on any atom is 0.0480 e. The number of rotatable bonds is 8. The van der Waals surface area contributed by atoms with E-state index in [1.165, 1.54) is 44.9 Å². The molecule has 1 unspecified atom stereocenters. The minimum atomic E-state index is 0.690. The van der Waals surface area contributed by atoms with Gasteiger partial charge in [0.1, 0.15) is 0 Å². The van der Waals surface area contributed by atoms with Crippen molar-refractivity contribution in [2.45, 2.75) is 71.3 Å². The third-order valence-electron chi connectivity index (χ3n) is 3.86. The highest BCUT2D eigenvalue weighted by atomic mass is 16.5. The second-order valence-corrected chi connectivity index (χ2v) is 5.32. The van der Waals surface area contributed by atoms with Crippen molar-refractivity contribution in [2.75, 3.05) is 19.8 Å². The van der Waals surface area contributed by atoms with Crippen molar-refractivity contribution in [2.24, 2.45) is 5.92 Å². The van der Waals surface area contributed by atoms with Crippen LogP contribution in [0.25, 0.3) is 0 Å². The molecular weight excluding hydrogens is 210 g/mol. The van der Waals surface area contributed by atoms with Crippen LogP contribution >= 0.6 is 0 Å². The number of hydrogen-bond donors (Lipinski definition) is 1. The minimum Gasteiger partial charge on any atom is -0.381 e. The van der Waals surface area contributed by atoms with Gasteiger partial charge in [-0.05, 0) is 38.1 Å². The van der Waals surface area contributed by atoms with Crippen LogP contribution in [0.1, 0.15) is 65.2 Å². The van der Waals surface area contributed by atoms with E-state index in [9.17, 15) is 0 Å². The van der Waals surface area contributed by atoms with Gasteiger partial charge in [0.15, 0.2) is 0 Å². The Morgan fingerprint density at radius 3 is 2.35 bits per heavy atom. The van der Waals surface area contributed by atoms with E-state index in [1.54, 1.807) is 0 Å². The summed E-state index contributed by atoms with van der Waals surface area (Å²) in [6, 6.07) is 0.690. The van der Waals surface area contributed by atoms with Crippen LogP contribution in [-0.4, -0.2) is 25.8 Å². The second kappa shape index (κ2) is 9.90. The van der Waals surface area contributed by atoms with Gasteiger partial charge in [-0.3, -0.25) is 0 Å². The van der Waals surface area contributed by atoms with Crippen molar-refractivity contribution in [3.63, 3.8) is 0 Å².